The van der Waals surface area contributed by atoms with E-state index in [9.17, 15) is 13.2 Å². The van der Waals surface area contributed by atoms with Crippen LogP contribution in [0.5, 0.6) is 0 Å². The fourth-order valence-corrected chi connectivity index (χ4v) is 2.04. The first-order valence-corrected chi connectivity index (χ1v) is 6.36. The number of aromatic nitrogens is 2. The third-order valence-corrected chi connectivity index (χ3v) is 3.42. The van der Waals surface area contributed by atoms with Gasteiger partial charge < -0.3 is 11.1 Å². The molecule has 0 aliphatic rings. The van der Waals surface area contributed by atoms with Crippen LogP contribution in [0.1, 0.15) is 5.56 Å². The minimum Gasteiger partial charge on any atom is -0.382 e. The third kappa shape index (κ3) is 3.13. The van der Waals surface area contributed by atoms with E-state index in [4.69, 9.17) is 17.3 Å². The molecule has 2 aromatic rings. The lowest BCUT2D eigenvalue weighted by Crippen LogP contribution is -2.07. The maximum atomic E-state index is 12.8. The number of rotatable bonds is 2. The van der Waals surface area contributed by atoms with Gasteiger partial charge in [-0.2, -0.15) is 13.2 Å². The van der Waals surface area contributed by atoms with Crippen LogP contribution < -0.4 is 11.1 Å². The van der Waals surface area contributed by atoms with E-state index in [1.165, 1.54) is 12.1 Å². The van der Waals surface area contributed by atoms with Gasteiger partial charge in [-0.3, -0.25) is 0 Å². The van der Waals surface area contributed by atoms with E-state index < -0.39 is 11.7 Å². The number of alkyl halides is 3. The van der Waals surface area contributed by atoms with Crippen molar-refractivity contribution in [3.63, 3.8) is 0 Å². The highest BCUT2D eigenvalue weighted by molar-refractivity contribution is 9.10. The summed E-state index contributed by atoms with van der Waals surface area (Å²) in [6, 6.07) is 3.68. The molecule has 0 fully saturated rings. The van der Waals surface area contributed by atoms with Gasteiger partial charge in [0.2, 0.25) is 0 Å². The summed E-state index contributed by atoms with van der Waals surface area (Å²) < 4.78 is 38.3. The first-order chi connectivity index (χ1) is 9.29. The average Bonchev–Trinajstić information content (AvgIpc) is 2.36. The minimum atomic E-state index is -4.47. The molecule has 0 saturated carbocycles. The van der Waals surface area contributed by atoms with E-state index in [1.807, 2.05) is 0 Å². The molecule has 0 saturated heterocycles. The molecule has 0 spiro atoms. The maximum Gasteiger partial charge on any atom is 0.417 e. The van der Waals surface area contributed by atoms with Gasteiger partial charge in [0.05, 0.1) is 5.56 Å². The Morgan fingerprint density at radius 2 is 1.95 bits per heavy atom. The summed E-state index contributed by atoms with van der Waals surface area (Å²) in [5.74, 6) is 0.173. The second-order valence-corrected chi connectivity index (χ2v) is 4.97. The smallest absolute Gasteiger partial charge is 0.382 e. The first kappa shape index (κ1) is 14.9. The van der Waals surface area contributed by atoms with Crippen LogP contribution in [0.15, 0.2) is 29.0 Å². The van der Waals surface area contributed by atoms with E-state index >= 15 is 0 Å². The molecule has 0 unspecified atom stereocenters. The minimum absolute atomic E-state index is 0.0392. The molecule has 9 heteroatoms. The van der Waals surface area contributed by atoms with Crippen LogP contribution in [0.25, 0.3) is 0 Å². The standard InChI is InChI=1S/C11H7BrClF3N4/c12-7-2-1-5(3-6(7)11(14,15)16)20-10-8(13)9(17)18-4-19-10/h1-4H,(H3,17,18,19,20). The maximum absolute atomic E-state index is 12.8. The molecule has 3 N–H and O–H groups in total. The number of halogens is 5. The fourth-order valence-electron chi connectivity index (χ4n) is 1.43. The van der Waals surface area contributed by atoms with Crippen LogP contribution in [0.4, 0.5) is 30.5 Å². The Kier molecular flexibility index (Phi) is 4.05. The normalized spacial score (nSPS) is 11.4. The van der Waals surface area contributed by atoms with Gasteiger partial charge in [-0.25, -0.2) is 9.97 Å². The number of hydrogen-bond acceptors (Lipinski definition) is 4. The van der Waals surface area contributed by atoms with Gasteiger partial charge >= 0.3 is 6.18 Å². The van der Waals surface area contributed by atoms with Crippen molar-refractivity contribution in [2.75, 3.05) is 11.1 Å². The molecule has 4 nitrogen and oxygen atoms in total. The van der Waals surface area contributed by atoms with E-state index in [1.54, 1.807) is 0 Å². The van der Waals surface area contributed by atoms with E-state index in [-0.39, 0.29) is 26.8 Å². The van der Waals surface area contributed by atoms with Crippen molar-refractivity contribution in [3.8, 4) is 0 Å². The number of nitrogens with one attached hydrogen (secondary N) is 1. The number of benzene rings is 1. The molecule has 0 radical (unpaired) electrons. The quantitative estimate of drug-likeness (QED) is 0.833. The zero-order valence-corrected chi connectivity index (χ0v) is 12.0. The van der Waals surface area contributed by atoms with Crippen molar-refractivity contribution < 1.29 is 13.2 Å². The highest BCUT2D eigenvalue weighted by atomic mass is 79.9. The van der Waals surface area contributed by atoms with Gasteiger partial charge in [-0.15, -0.1) is 0 Å². The number of hydrogen-bond donors (Lipinski definition) is 2. The number of nitrogens with two attached hydrogens (primary N) is 1. The number of nitrogens with zero attached hydrogens (tertiary/aromatic N) is 2. The van der Waals surface area contributed by atoms with Gasteiger partial charge in [0.15, 0.2) is 5.82 Å². The second-order valence-electron chi connectivity index (χ2n) is 3.74. The third-order valence-electron chi connectivity index (χ3n) is 2.35. The van der Waals surface area contributed by atoms with Crippen molar-refractivity contribution in [2.24, 2.45) is 0 Å². The Balaban J connectivity index is 2.38. The molecule has 0 atom stereocenters. The summed E-state index contributed by atoms with van der Waals surface area (Å²) in [6.45, 7) is 0. The van der Waals surface area contributed by atoms with Crippen molar-refractivity contribution in [1.29, 1.82) is 0 Å². The summed E-state index contributed by atoms with van der Waals surface area (Å²) in [6.07, 6.45) is -3.31. The lowest BCUT2D eigenvalue weighted by molar-refractivity contribution is -0.138. The summed E-state index contributed by atoms with van der Waals surface area (Å²) in [4.78, 5) is 7.48. The zero-order valence-electron chi connectivity index (χ0n) is 9.67. The average molecular weight is 368 g/mol. The predicted molar refractivity (Wildman–Crippen MR) is 73.9 cm³/mol. The molecule has 106 valence electrons. The van der Waals surface area contributed by atoms with E-state index in [0.717, 1.165) is 12.4 Å². The van der Waals surface area contributed by atoms with Gasteiger partial charge in [0.1, 0.15) is 17.2 Å². The highest BCUT2D eigenvalue weighted by Gasteiger charge is 2.33. The van der Waals surface area contributed by atoms with Crippen molar-refractivity contribution in [3.05, 3.63) is 39.6 Å². The van der Waals surface area contributed by atoms with Crippen molar-refractivity contribution in [1.82, 2.24) is 9.97 Å². The molecular weight excluding hydrogens is 360 g/mol. The van der Waals surface area contributed by atoms with Crippen molar-refractivity contribution in [2.45, 2.75) is 6.18 Å². The van der Waals surface area contributed by atoms with Gasteiger partial charge in [0, 0.05) is 10.2 Å². The van der Waals surface area contributed by atoms with Gasteiger partial charge in [-0.05, 0) is 18.2 Å². The lowest BCUT2D eigenvalue weighted by Gasteiger charge is -2.13. The van der Waals surface area contributed by atoms with Gasteiger partial charge in [0.25, 0.3) is 0 Å². The summed E-state index contributed by atoms with van der Waals surface area (Å²) >= 11 is 8.72. The Morgan fingerprint density at radius 1 is 1.25 bits per heavy atom. The summed E-state index contributed by atoms with van der Waals surface area (Å²) in [5.41, 5.74) is 4.86. The predicted octanol–water partition coefficient (Wildman–Crippen LogP) is 4.24. The molecule has 2 rings (SSSR count). The number of nitrogen functional groups attached to an aromatic ring is 1. The van der Waals surface area contributed by atoms with Gasteiger partial charge in [-0.1, -0.05) is 27.5 Å². The Morgan fingerprint density at radius 3 is 2.60 bits per heavy atom. The zero-order chi connectivity index (χ0) is 14.9. The van der Waals surface area contributed by atoms with Crippen LogP contribution in [-0.2, 0) is 6.18 Å². The van der Waals surface area contributed by atoms with Crippen LogP contribution in [-0.4, -0.2) is 9.97 Å². The van der Waals surface area contributed by atoms with E-state index in [2.05, 4.69) is 31.2 Å². The first-order valence-electron chi connectivity index (χ1n) is 5.19. The Labute approximate surface area is 125 Å². The summed E-state index contributed by atoms with van der Waals surface area (Å²) in [7, 11) is 0. The second kappa shape index (κ2) is 5.45. The topological polar surface area (TPSA) is 63.8 Å². The van der Waals surface area contributed by atoms with Crippen LogP contribution in [0.2, 0.25) is 5.02 Å². The van der Waals surface area contributed by atoms with Crippen LogP contribution in [0, 0.1) is 0 Å². The Hall–Kier alpha value is -1.54. The largest absolute Gasteiger partial charge is 0.417 e. The molecule has 20 heavy (non-hydrogen) atoms. The monoisotopic (exact) mass is 366 g/mol. The van der Waals surface area contributed by atoms with Crippen LogP contribution in [0.3, 0.4) is 0 Å². The number of anilines is 3. The van der Waals surface area contributed by atoms with E-state index in [0.29, 0.717) is 0 Å². The summed E-state index contributed by atoms with van der Waals surface area (Å²) in [5, 5.41) is 2.71. The molecule has 1 heterocycles. The molecule has 1 aromatic carbocycles. The SMILES string of the molecule is Nc1ncnc(Nc2ccc(Br)c(C(F)(F)F)c2)c1Cl. The molecule has 0 amide bonds. The highest BCUT2D eigenvalue weighted by Crippen LogP contribution is 2.37. The molecule has 0 aliphatic heterocycles. The lowest BCUT2D eigenvalue weighted by atomic mass is 10.2. The van der Waals surface area contributed by atoms with Crippen LogP contribution >= 0.6 is 27.5 Å². The Bertz CT molecular complexity index is 648. The molecule has 0 aliphatic carbocycles. The van der Waals surface area contributed by atoms with Crippen molar-refractivity contribution >= 4 is 44.9 Å². The molecular formula is C11H7BrClF3N4. The molecule has 1 aromatic heterocycles. The fraction of sp³-hybridized carbons (Fsp3) is 0.0909. The molecule has 0 bridgehead atoms.